The van der Waals surface area contributed by atoms with Crippen LogP contribution in [0, 0.1) is 27.7 Å². The molecule has 0 bridgehead atoms. The van der Waals surface area contributed by atoms with E-state index in [0.717, 1.165) is 17.0 Å². The molecule has 0 aliphatic heterocycles. The minimum atomic E-state index is -0.329. The number of hydrogen-bond donors (Lipinski definition) is 1. The van der Waals surface area contributed by atoms with E-state index in [1.165, 1.54) is 21.3 Å². The lowest BCUT2D eigenvalue weighted by molar-refractivity contribution is 0.102. The van der Waals surface area contributed by atoms with Crippen LogP contribution in [0.2, 0.25) is 0 Å². The molecule has 0 aliphatic rings. The fourth-order valence-electron chi connectivity index (χ4n) is 3.77. The van der Waals surface area contributed by atoms with Crippen LogP contribution in [0.15, 0.2) is 42.5 Å². The molecular formula is C27H29N5O5. The first kappa shape index (κ1) is 25.5. The largest absolute Gasteiger partial charge is 0.493 e. The molecule has 37 heavy (non-hydrogen) atoms. The van der Waals surface area contributed by atoms with Crippen LogP contribution in [0.3, 0.4) is 0 Å². The molecule has 2 aromatic carbocycles. The van der Waals surface area contributed by atoms with E-state index in [4.69, 9.17) is 18.9 Å². The standard InChI is InChI=1S/C27H29N5O5/c1-15-16(2)31-32(17(15)3)24-14-25(29-18(4)28-24)37-21-10-8-20(9-11-21)30-27(33)19-12-22(34-5)26(36-7)23(13-19)35-6/h8-14H,1-7H3,(H,30,33). The molecule has 0 saturated carbocycles. The summed E-state index contributed by atoms with van der Waals surface area (Å²) in [5, 5.41) is 7.43. The van der Waals surface area contributed by atoms with Crippen molar-refractivity contribution >= 4 is 11.6 Å². The highest BCUT2D eigenvalue weighted by Gasteiger charge is 2.17. The fraction of sp³-hybridized carbons (Fsp3) is 0.259. The van der Waals surface area contributed by atoms with Gasteiger partial charge in [0.05, 0.1) is 27.0 Å². The van der Waals surface area contributed by atoms with Crippen molar-refractivity contribution in [2.24, 2.45) is 0 Å². The maximum atomic E-state index is 12.9. The Labute approximate surface area is 215 Å². The Bertz CT molecular complexity index is 1420. The van der Waals surface area contributed by atoms with Crippen LogP contribution >= 0.6 is 0 Å². The summed E-state index contributed by atoms with van der Waals surface area (Å²) < 4.78 is 23.7. The van der Waals surface area contributed by atoms with Crippen molar-refractivity contribution < 1.29 is 23.7 Å². The lowest BCUT2D eigenvalue weighted by Crippen LogP contribution is -2.12. The smallest absolute Gasteiger partial charge is 0.255 e. The van der Waals surface area contributed by atoms with Crippen molar-refractivity contribution in [3.63, 3.8) is 0 Å². The number of carbonyl (C=O) groups excluding carboxylic acids is 1. The molecule has 4 rings (SSSR count). The van der Waals surface area contributed by atoms with Crippen LogP contribution in [-0.4, -0.2) is 47.0 Å². The minimum absolute atomic E-state index is 0.329. The molecule has 0 radical (unpaired) electrons. The highest BCUT2D eigenvalue weighted by Crippen LogP contribution is 2.38. The first-order valence-electron chi connectivity index (χ1n) is 11.5. The van der Waals surface area contributed by atoms with Crippen LogP contribution in [0.1, 0.15) is 33.1 Å². The van der Waals surface area contributed by atoms with Gasteiger partial charge in [-0.2, -0.15) is 10.1 Å². The van der Waals surface area contributed by atoms with Gasteiger partial charge in [-0.3, -0.25) is 4.79 Å². The number of nitrogens with one attached hydrogen (secondary N) is 1. The third-order valence-electron chi connectivity index (χ3n) is 5.93. The molecule has 2 heterocycles. The van der Waals surface area contributed by atoms with Gasteiger partial charge in [0.25, 0.3) is 5.91 Å². The normalized spacial score (nSPS) is 10.7. The zero-order valence-corrected chi connectivity index (χ0v) is 21.9. The first-order valence-corrected chi connectivity index (χ1v) is 11.5. The van der Waals surface area contributed by atoms with E-state index in [1.807, 2.05) is 20.8 Å². The number of amides is 1. The number of aryl methyl sites for hydroxylation is 2. The topological polar surface area (TPSA) is 110 Å². The molecule has 1 N–H and O–H groups in total. The van der Waals surface area contributed by atoms with Gasteiger partial charge < -0.3 is 24.3 Å². The van der Waals surface area contributed by atoms with E-state index in [1.54, 1.807) is 54.1 Å². The maximum Gasteiger partial charge on any atom is 0.255 e. The summed E-state index contributed by atoms with van der Waals surface area (Å²) in [6.07, 6.45) is 0. The average Bonchev–Trinajstić information content (AvgIpc) is 3.15. The fourth-order valence-corrected chi connectivity index (χ4v) is 3.77. The molecule has 10 heteroatoms. The van der Waals surface area contributed by atoms with Gasteiger partial charge in [0.15, 0.2) is 17.3 Å². The predicted octanol–water partition coefficient (Wildman–Crippen LogP) is 4.97. The Morgan fingerprint density at radius 3 is 2.05 bits per heavy atom. The molecule has 2 aromatic heterocycles. The summed E-state index contributed by atoms with van der Waals surface area (Å²) in [6, 6.07) is 11.9. The molecule has 4 aromatic rings. The molecular weight excluding hydrogens is 474 g/mol. The molecule has 0 spiro atoms. The minimum Gasteiger partial charge on any atom is -0.493 e. The van der Waals surface area contributed by atoms with E-state index in [0.29, 0.717) is 51.8 Å². The van der Waals surface area contributed by atoms with Gasteiger partial charge in [-0.25, -0.2) is 9.67 Å². The lowest BCUT2D eigenvalue weighted by atomic mass is 10.1. The Balaban J connectivity index is 1.51. The molecule has 0 unspecified atom stereocenters. The van der Waals surface area contributed by atoms with E-state index < -0.39 is 0 Å². The number of methoxy groups -OCH3 is 3. The summed E-state index contributed by atoms with van der Waals surface area (Å²) >= 11 is 0. The highest BCUT2D eigenvalue weighted by atomic mass is 16.5. The van der Waals surface area contributed by atoms with Gasteiger partial charge >= 0.3 is 0 Å². The number of carbonyl (C=O) groups is 1. The van der Waals surface area contributed by atoms with Crippen LogP contribution in [-0.2, 0) is 0 Å². The highest BCUT2D eigenvalue weighted by molar-refractivity contribution is 6.05. The van der Waals surface area contributed by atoms with Gasteiger partial charge in [-0.15, -0.1) is 0 Å². The third kappa shape index (κ3) is 5.32. The molecule has 0 fully saturated rings. The van der Waals surface area contributed by atoms with Crippen LogP contribution in [0.4, 0.5) is 5.69 Å². The van der Waals surface area contributed by atoms with E-state index in [-0.39, 0.29) is 5.91 Å². The van der Waals surface area contributed by atoms with E-state index in [9.17, 15) is 4.79 Å². The average molecular weight is 504 g/mol. The van der Waals surface area contributed by atoms with Crippen LogP contribution < -0.4 is 24.3 Å². The second-order valence-corrected chi connectivity index (χ2v) is 8.31. The molecule has 0 atom stereocenters. The van der Waals surface area contributed by atoms with Crippen molar-refractivity contribution in [2.75, 3.05) is 26.6 Å². The zero-order valence-electron chi connectivity index (χ0n) is 21.9. The summed E-state index contributed by atoms with van der Waals surface area (Å²) in [4.78, 5) is 21.8. The second kappa shape index (κ2) is 10.6. The Morgan fingerprint density at radius 2 is 1.51 bits per heavy atom. The van der Waals surface area contributed by atoms with Gasteiger partial charge in [-0.1, -0.05) is 0 Å². The number of nitrogens with zero attached hydrogens (tertiary/aromatic N) is 4. The Morgan fingerprint density at radius 1 is 0.865 bits per heavy atom. The number of anilines is 1. The zero-order chi connectivity index (χ0) is 26.7. The van der Waals surface area contributed by atoms with Gasteiger partial charge in [0.2, 0.25) is 11.6 Å². The van der Waals surface area contributed by atoms with E-state index >= 15 is 0 Å². The number of rotatable bonds is 8. The molecule has 1 amide bonds. The van der Waals surface area contributed by atoms with E-state index in [2.05, 4.69) is 20.4 Å². The Hall–Kier alpha value is -4.60. The number of benzene rings is 2. The van der Waals surface area contributed by atoms with Crippen LogP contribution in [0.5, 0.6) is 28.9 Å². The molecule has 192 valence electrons. The Kier molecular flexibility index (Phi) is 7.28. The first-order chi connectivity index (χ1) is 17.7. The van der Waals surface area contributed by atoms with Crippen molar-refractivity contribution in [1.82, 2.24) is 19.7 Å². The summed E-state index contributed by atoms with van der Waals surface area (Å²) in [5.41, 5.74) is 4.01. The number of aromatic nitrogens is 4. The maximum absolute atomic E-state index is 12.9. The van der Waals surface area contributed by atoms with Crippen molar-refractivity contribution in [3.05, 3.63) is 70.8 Å². The van der Waals surface area contributed by atoms with Crippen LogP contribution in [0.25, 0.3) is 5.82 Å². The van der Waals surface area contributed by atoms with Crippen molar-refractivity contribution in [1.29, 1.82) is 0 Å². The number of hydrogen-bond acceptors (Lipinski definition) is 8. The summed E-state index contributed by atoms with van der Waals surface area (Å²) in [5.74, 6) is 3.01. The molecule has 10 nitrogen and oxygen atoms in total. The van der Waals surface area contributed by atoms with Gasteiger partial charge in [0.1, 0.15) is 11.6 Å². The lowest BCUT2D eigenvalue weighted by Gasteiger charge is -2.14. The summed E-state index contributed by atoms with van der Waals surface area (Å²) in [6.45, 7) is 7.79. The monoisotopic (exact) mass is 503 g/mol. The van der Waals surface area contributed by atoms with Crippen molar-refractivity contribution in [2.45, 2.75) is 27.7 Å². The molecule has 0 aliphatic carbocycles. The molecule has 0 saturated heterocycles. The summed E-state index contributed by atoms with van der Waals surface area (Å²) in [7, 11) is 4.50. The SMILES string of the molecule is COc1cc(C(=O)Nc2ccc(Oc3cc(-n4nc(C)c(C)c4C)nc(C)n3)cc2)cc(OC)c1OC. The second-order valence-electron chi connectivity index (χ2n) is 8.31. The van der Waals surface area contributed by atoms with Crippen molar-refractivity contribution in [3.8, 4) is 34.7 Å². The number of ether oxygens (including phenoxy) is 4. The third-order valence-corrected chi connectivity index (χ3v) is 5.93. The van der Waals surface area contributed by atoms with Gasteiger partial charge in [-0.05, 0) is 69.7 Å². The predicted molar refractivity (Wildman–Crippen MR) is 139 cm³/mol. The van der Waals surface area contributed by atoms with Gasteiger partial charge in [0, 0.05) is 23.0 Å². The quantitative estimate of drug-likeness (QED) is 0.359.